The van der Waals surface area contributed by atoms with Crippen molar-refractivity contribution in [3.63, 3.8) is 0 Å². The molecule has 8 heteroatoms. The fraction of sp³-hybridized carbons (Fsp3) is 0.636. The van der Waals surface area contributed by atoms with Gasteiger partial charge in [-0.05, 0) is 18.9 Å². The van der Waals surface area contributed by atoms with E-state index in [4.69, 9.17) is 4.74 Å². The van der Waals surface area contributed by atoms with E-state index in [1.165, 1.54) is 11.1 Å². The monoisotopic (exact) mass is 529 g/mol. The molecule has 2 aliphatic heterocycles. The molecule has 2 aliphatic rings. The lowest BCUT2D eigenvalue weighted by Gasteiger charge is -2.37. The van der Waals surface area contributed by atoms with Crippen LogP contribution in [0.15, 0.2) is 29.3 Å². The molecule has 0 saturated carbocycles. The van der Waals surface area contributed by atoms with Crippen LogP contribution in [0.2, 0.25) is 0 Å². The zero-order chi connectivity index (χ0) is 20.6. The maximum atomic E-state index is 12.0. The van der Waals surface area contributed by atoms with Crippen LogP contribution < -0.4 is 5.32 Å². The van der Waals surface area contributed by atoms with Crippen LogP contribution in [0.5, 0.6) is 0 Å². The maximum absolute atomic E-state index is 12.0. The second-order valence-corrected chi connectivity index (χ2v) is 8.29. The van der Waals surface area contributed by atoms with E-state index in [9.17, 15) is 4.79 Å². The molecular formula is C22H36IN5O2. The summed E-state index contributed by atoms with van der Waals surface area (Å²) in [6.07, 6.45) is 1.08. The van der Waals surface area contributed by atoms with Crippen LogP contribution in [-0.4, -0.2) is 93.1 Å². The molecule has 1 N–H and O–H groups in total. The van der Waals surface area contributed by atoms with E-state index in [2.05, 4.69) is 51.3 Å². The molecule has 1 aromatic rings. The molecule has 1 atom stereocenters. The van der Waals surface area contributed by atoms with E-state index < -0.39 is 0 Å². The highest BCUT2D eigenvalue weighted by Crippen LogP contribution is 2.13. The zero-order valence-corrected chi connectivity index (χ0v) is 20.8. The third-order valence-corrected chi connectivity index (χ3v) is 5.60. The number of likely N-dealkylation sites (N-methyl/N-ethyl adjacent to an activating group) is 1. The quantitative estimate of drug-likeness (QED) is 0.346. The highest BCUT2D eigenvalue weighted by molar-refractivity contribution is 14.0. The molecule has 0 aromatic heterocycles. The summed E-state index contributed by atoms with van der Waals surface area (Å²) in [6.45, 7) is 9.60. The summed E-state index contributed by atoms with van der Waals surface area (Å²) in [7, 11) is 3.54. The lowest BCUT2D eigenvalue weighted by atomic mass is 10.1. The SMILES string of the molecule is Cc1cccc(CN2CCN(C(=NCC(=O)N(C)C)NCC3CCOC3)CC2)c1.I. The minimum Gasteiger partial charge on any atom is -0.381 e. The molecule has 2 saturated heterocycles. The van der Waals surface area contributed by atoms with Gasteiger partial charge in [0.15, 0.2) is 5.96 Å². The Morgan fingerprint density at radius 2 is 2.03 bits per heavy atom. The van der Waals surface area contributed by atoms with Gasteiger partial charge in [0, 0.05) is 65.9 Å². The van der Waals surface area contributed by atoms with Gasteiger partial charge >= 0.3 is 0 Å². The first-order valence-corrected chi connectivity index (χ1v) is 10.6. The third-order valence-electron chi connectivity index (χ3n) is 5.60. The number of hydrogen-bond donors (Lipinski definition) is 1. The van der Waals surface area contributed by atoms with Gasteiger partial charge in [0.1, 0.15) is 6.54 Å². The first kappa shape index (κ1) is 24.9. The van der Waals surface area contributed by atoms with Crippen molar-refractivity contribution >= 4 is 35.8 Å². The van der Waals surface area contributed by atoms with E-state index in [0.29, 0.717) is 5.92 Å². The number of benzene rings is 1. The number of ether oxygens (including phenoxy) is 1. The Balaban J connectivity index is 0.00000320. The topological polar surface area (TPSA) is 60.4 Å². The molecule has 1 unspecified atom stereocenters. The minimum absolute atomic E-state index is 0. The van der Waals surface area contributed by atoms with E-state index in [1.54, 1.807) is 19.0 Å². The summed E-state index contributed by atoms with van der Waals surface area (Å²) in [5.74, 6) is 1.39. The van der Waals surface area contributed by atoms with E-state index in [-0.39, 0.29) is 36.4 Å². The van der Waals surface area contributed by atoms with Crippen molar-refractivity contribution in [1.82, 2.24) is 20.0 Å². The van der Waals surface area contributed by atoms with Crippen LogP contribution in [0.4, 0.5) is 0 Å². The van der Waals surface area contributed by atoms with Gasteiger partial charge in [-0.1, -0.05) is 29.8 Å². The molecule has 168 valence electrons. The summed E-state index contributed by atoms with van der Waals surface area (Å²) in [4.78, 5) is 23.0. The predicted octanol–water partition coefficient (Wildman–Crippen LogP) is 1.80. The molecule has 7 nitrogen and oxygen atoms in total. The van der Waals surface area contributed by atoms with Crippen LogP contribution >= 0.6 is 24.0 Å². The Morgan fingerprint density at radius 1 is 1.27 bits per heavy atom. The number of carbonyl (C=O) groups is 1. The molecule has 0 bridgehead atoms. The van der Waals surface area contributed by atoms with Crippen LogP contribution in [-0.2, 0) is 16.1 Å². The second kappa shape index (κ2) is 12.5. The first-order valence-electron chi connectivity index (χ1n) is 10.6. The van der Waals surface area contributed by atoms with E-state index in [1.807, 2.05) is 0 Å². The molecule has 3 rings (SSSR count). The largest absolute Gasteiger partial charge is 0.381 e. The van der Waals surface area contributed by atoms with Crippen molar-refractivity contribution in [3.8, 4) is 0 Å². The van der Waals surface area contributed by atoms with Gasteiger partial charge in [0.2, 0.25) is 5.91 Å². The van der Waals surface area contributed by atoms with Gasteiger partial charge in [0.05, 0.1) is 6.61 Å². The molecule has 1 aromatic carbocycles. The maximum Gasteiger partial charge on any atom is 0.243 e. The van der Waals surface area contributed by atoms with Gasteiger partial charge in [-0.3, -0.25) is 9.69 Å². The van der Waals surface area contributed by atoms with Crippen LogP contribution in [0, 0.1) is 12.8 Å². The molecular weight excluding hydrogens is 493 g/mol. The Morgan fingerprint density at radius 3 is 2.67 bits per heavy atom. The fourth-order valence-electron chi connectivity index (χ4n) is 3.72. The normalized spacial score (nSPS) is 20.0. The Hall–Kier alpha value is -1.39. The van der Waals surface area contributed by atoms with Gasteiger partial charge in [-0.2, -0.15) is 0 Å². The number of hydrogen-bond acceptors (Lipinski definition) is 4. The lowest BCUT2D eigenvalue weighted by molar-refractivity contribution is -0.127. The number of aryl methyl sites for hydroxylation is 1. The number of piperazine rings is 1. The van der Waals surface area contributed by atoms with Gasteiger partial charge in [-0.15, -0.1) is 24.0 Å². The molecule has 1 amide bonds. The van der Waals surface area contributed by atoms with Gasteiger partial charge < -0.3 is 19.9 Å². The smallest absolute Gasteiger partial charge is 0.243 e. The molecule has 0 radical (unpaired) electrons. The average Bonchev–Trinajstić information content (AvgIpc) is 3.22. The number of rotatable bonds is 6. The third kappa shape index (κ3) is 7.70. The summed E-state index contributed by atoms with van der Waals surface area (Å²) < 4.78 is 5.48. The highest BCUT2D eigenvalue weighted by atomic mass is 127. The van der Waals surface area contributed by atoms with Crippen LogP contribution in [0.3, 0.4) is 0 Å². The van der Waals surface area contributed by atoms with Crippen molar-refractivity contribution in [2.24, 2.45) is 10.9 Å². The molecule has 2 fully saturated rings. The average molecular weight is 529 g/mol. The Labute approximate surface area is 197 Å². The predicted molar refractivity (Wildman–Crippen MR) is 131 cm³/mol. The van der Waals surface area contributed by atoms with Crippen LogP contribution in [0.25, 0.3) is 0 Å². The standard InChI is InChI=1S/C22H35N5O2.HI/c1-18-5-4-6-19(13-18)16-26-8-10-27(11-9-26)22(24-15-21(28)25(2)3)23-14-20-7-12-29-17-20;/h4-6,13,20H,7-12,14-17H2,1-3H3,(H,23,24);1H. The zero-order valence-electron chi connectivity index (χ0n) is 18.5. The molecule has 0 aliphatic carbocycles. The van der Waals surface area contributed by atoms with Crippen LogP contribution in [0.1, 0.15) is 17.5 Å². The number of guanidine groups is 1. The van der Waals surface area contributed by atoms with E-state index >= 15 is 0 Å². The second-order valence-electron chi connectivity index (χ2n) is 8.29. The summed E-state index contributed by atoms with van der Waals surface area (Å²) in [5.41, 5.74) is 2.67. The summed E-state index contributed by atoms with van der Waals surface area (Å²) >= 11 is 0. The Bertz CT molecular complexity index is 699. The van der Waals surface area contributed by atoms with Crippen molar-refractivity contribution in [2.45, 2.75) is 19.9 Å². The number of halogens is 1. The van der Waals surface area contributed by atoms with E-state index in [0.717, 1.165) is 64.9 Å². The summed E-state index contributed by atoms with van der Waals surface area (Å²) in [6, 6.07) is 8.73. The molecule has 0 spiro atoms. The molecule has 30 heavy (non-hydrogen) atoms. The first-order chi connectivity index (χ1) is 14.0. The van der Waals surface area contributed by atoms with Crippen molar-refractivity contribution in [1.29, 1.82) is 0 Å². The molecule has 2 heterocycles. The minimum atomic E-state index is 0. The van der Waals surface area contributed by atoms with Crippen molar-refractivity contribution in [3.05, 3.63) is 35.4 Å². The highest BCUT2D eigenvalue weighted by Gasteiger charge is 2.22. The number of carbonyl (C=O) groups excluding carboxylic acids is 1. The summed E-state index contributed by atoms with van der Waals surface area (Å²) in [5, 5.41) is 3.50. The Kier molecular flexibility index (Phi) is 10.3. The number of nitrogens with zero attached hydrogens (tertiary/aromatic N) is 4. The lowest BCUT2D eigenvalue weighted by Crippen LogP contribution is -2.53. The van der Waals surface area contributed by atoms with Crippen molar-refractivity contribution < 1.29 is 9.53 Å². The number of aliphatic imine (C=N–C) groups is 1. The van der Waals surface area contributed by atoms with Gasteiger partial charge in [-0.25, -0.2) is 4.99 Å². The van der Waals surface area contributed by atoms with Crippen molar-refractivity contribution in [2.75, 3.05) is 66.6 Å². The van der Waals surface area contributed by atoms with Gasteiger partial charge in [0.25, 0.3) is 0 Å². The fourth-order valence-corrected chi connectivity index (χ4v) is 3.72. The number of amides is 1. The number of nitrogens with one attached hydrogen (secondary N) is 1.